The smallest absolute Gasteiger partial charge is 0.237 e. The quantitative estimate of drug-likeness (QED) is 0.226. The molecule has 0 bridgehead atoms. The predicted octanol–water partition coefficient (Wildman–Crippen LogP) is 4.78. The van der Waals surface area contributed by atoms with Gasteiger partial charge in [-0.15, -0.1) is 24.8 Å². The summed E-state index contributed by atoms with van der Waals surface area (Å²) >= 11 is 8.58. The van der Waals surface area contributed by atoms with Gasteiger partial charge in [0.2, 0.25) is 5.91 Å². The van der Waals surface area contributed by atoms with Gasteiger partial charge in [0, 0.05) is 6.54 Å². The van der Waals surface area contributed by atoms with Crippen molar-refractivity contribution in [3.63, 3.8) is 0 Å². The first-order valence-electron chi connectivity index (χ1n) is 8.30. The van der Waals surface area contributed by atoms with Crippen molar-refractivity contribution in [1.29, 1.82) is 0 Å². The lowest BCUT2D eigenvalue weighted by atomic mass is 10.1. The first-order valence-corrected chi connectivity index (χ1v) is 12.6. The monoisotopic (exact) mass is 905 g/mol. The largest absolute Gasteiger partial charge is 0.506 e. The van der Waals surface area contributed by atoms with Gasteiger partial charge in [-0.05, 0) is 140 Å². The maximum atomic E-state index is 12.1. The van der Waals surface area contributed by atoms with Crippen LogP contribution in [0.1, 0.15) is 12.0 Å². The van der Waals surface area contributed by atoms with Crippen LogP contribution in [0, 0.1) is 14.3 Å². The van der Waals surface area contributed by atoms with Crippen LogP contribution in [0.2, 0.25) is 0 Å². The molecule has 0 heterocycles. The number of nitrogens with one attached hydrogen (secondary N) is 1. The van der Waals surface area contributed by atoms with Crippen molar-refractivity contribution in [3.8, 4) is 17.2 Å². The highest BCUT2D eigenvalue weighted by Crippen LogP contribution is 2.36. The summed E-state index contributed by atoms with van der Waals surface area (Å²) in [7, 11) is 0. The fourth-order valence-corrected chi connectivity index (χ4v) is 6.17. The second kappa shape index (κ2) is 15.0. The van der Waals surface area contributed by atoms with Gasteiger partial charge >= 0.3 is 0 Å². The molecular weight excluding hydrogens is 885 g/mol. The van der Waals surface area contributed by atoms with E-state index in [1.54, 1.807) is 12.1 Å². The molecule has 2 rings (SSSR count). The summed E-state index contributed by atoms with van der Waals surface area (Å²) in [4.78, 5) is 12.1. The van der Waals surface area contributed by atoms with Crippen LogP contribution >= 0.6 is 115 Å². The normalized spacial score (nSPS) is 11.1. The molecule has 0 aliphatic heterocycles. The number of aromatic hydroxyl groups is 1. The molecule has 30 heavy (non-hydrogen) atoms. The fourth-order valence-electron chi connectivity index (χ4n) is 2.34. The van der Waals surface area contributed by atoms with Gasteiger partial charge in [0.1, 0.15) is 11.5 Å². The van der Waals surface area contributed by atoms with E-state index in [1.165, 1.54) is 0 Å². The van der Waals surface area contributed by atoms with Crippen LogP contribution in [-0.4, -0.2) is 30.1 Å². The third-order valence-electron chi connectivity index (χ3n) is 3.74. The molecule has 2 aromatic carbocycles. The van der Waals surface area contributed by atoms with E-state index in [4.69, 9.17) is 16.2 Å². The number of carbonyl (C=O) groups is 1. The second-order valence-corrected chi connectivity index (χ2v) is 10.6. The van der Waals surface area contributed by atoms with Crippen molar-refractivity contribution >= 4 is 121 Å². The first-order chi connectivity index (χ1) is 13.2. The lowest BCUT2D eigenvalue weighted by Gasteiger charge is -2.15. The summed E-state index contributed by atoms with van der Waals surface area (Å²) in [5.74, 6) is 1.48. The Labute approximate surface area is 242 Å². The Morgan fingerprint density at radius 1 is 1.03 bits per heavy atom. The topological polar surface area (TPSA) is 111 Å². The molecule has 0 aromatic heterocycles. The molecule has 0 saturated heterocycles. The standard InChI is InChI=1S/C18H19I4N3O3.2ClH/c19-11-7-10(8-12(20)16(11)26)28-17-13(21)4-9(5-14(17)22)6-15(24)18(27)25-3-1-2-23;;/h4-5,7-8,15,26H,1-3,6,23-24H2,(H,25,27);2*1H/t15-;;/m0../s1. The molecule has 12 heteroatoms. The molecule has 1 atom stereocenters. The maximum absolute atomic E-state index is 12.1. The van der Waals surface area contributed by atoms with Crippen molar-refractivity contribution in [1.82, 2.24) is 5.32 Å². The molecule has 6 nitrogen and oxygen atoms in total. The van der Waals surface area contributed by atoms with Crippen LogP contribution < -0.4 is 21.5 Å². The van der Waals surface area contributed by atoms with Crippen molar-refractivity contribution in [2.45, 2.75) is 18.9 Å². The maximum Gasteiger partial charge on any atom is 0.237 e. The molecule has 6 N–H and O–H groups in total. The van der Waals surface area contributed by atoms with Crippen molar-refractivity contribution in [3.05, 3.63) is 44.1 Å². The van der Waals surface area contributed by atoms with Gasteiger partial charge < -0.3 is 26.6 Å². The molecule has 0 spiro atoms. The third kappa shape index (κ3) is 9.05. The van der Waals surface area contributed by atoms with Crippen molar-refractivity contribution in [2.24, 2.45) is 11.5 Å². The molecule has 0 radical (unpaired) electrons. The molecule has 0 aliphatic rings. The van der Waals surface area contributed by atoms with E-state index in [9.17, 15) is 9.90 Å². The Kier molecular flexibility index (Phi) is 15.4. The Hall–Kier alpha value is 0.930. The average molecular weight is 906 g/mol. The minimum Gasteiger partial charge on any atom is -0.506 e. The number of amides is 1. The second-order valence-electron chi connectivity index (χ2n) is 5.97. The van der Waals surface area contributed by atoms with E-state index in [0.717, 1.165) is 32.0 Å². The molecule has 2 aromatic rings. The van der Waals surface area contributed by atoms with Gasteiger partial charge in [0.05, 0.1) is 20.3 Å². The van der Waals surface area contributed by atoms with E-state index in [2.05, 4.69) is 95.7 Å². The summed E-state index contributed by atoms with van der Waals surface area (Å²) < 4.78 is 9.38. The van der Waals surface area contributed by atoms with Crippen LogP contribution in [0.15, 0.2) is 24.3 Å². The highest BCUT2D eigenvalue weighted by Gasteiger charge is 2.17. The zero-order chi connectivity index (χ0) is 20.8. The number of halogens is 6. The lowest BCUT2D eigenvalue weighted by Crippen LogP contribution is -2.42. The Morgan fingerprint density at radius 3 is 2.07 bits per heavy atom. The van der Waals surface area contributed by atoms with Crippen LogP contribution in [0.5, 0.6) is 17.2 Å². The summed E-state index contributed by atoms with van der Waals surface area (Å²) in [6.07, 6.45) is 1.17. The molecule has 0 unspecified atom stereocenters. The van der Waals surface area contributed by atoms with E-state index in [1.807, 2.05) is 12.1 Å². The highest BCUT2D eigenvalue weighted by atomic mass is 127. The summed E-state index contributed by atoms with van der Waals surface area (Å²) in [5, 5.41) is 12.7. The molecule has 0 aliphatic carbocycles. The molecule has 1 amide bonds. The predicted molar refractivity (Wildman–Crippen MR) is 158 cm³/mol. The first kappa shape index (κ1) is 30.9. The van der Waals surface area contributed by atoms with E-state index < -0.39 is 6.04 Å². The van der Waals surface area contributed by atoms with Gasteiger partial charge in [-0.2, -0.15) is 0 Å². The van der Waals surface area contributed by atoms with Crippen molar-refractivity contribution in [2.75, 3.05) is 13.1 Å². The zero-order valence-electron chi connectivity index (χ0n) is 15.5. The number of ether oxygens (including phenoxy) is 1. The zero-order valence-corrected chi connectivity index (χ0v) is 25.7. The number of phenolic OH excluding ortho intramolecular Hbond substituents is 1. The average Bonchev–Trinajstić information content (AvgIpc) is 2.62. The highest BCUT2D eigenvalue weighted by molar-refractivity contribution is 14.1. The van der Waals surface area contributed by atoms with Gasteiger partial charge in [-0.3, -0.25) is 4.79 Å². The van der Waals surface area contributed by atoms with Crippen LogP contribution in [-0.2, 0) is 11.2 Å². The number of phenols is 1. The molecular formula is C18H21Cl2I4N3O3. The summed E-state index contributed by atoms with van der Waals surface area (Å²) in [6, 6.07) is 6.92. The third-order valence-corrected chi connectivity index (χ3v) is 6.99. The number of hydrogen-bond acceptors (Lipinski definition) is 5. The van der Waals surface area contributed by atoms with Crippen LogP contribution in [0.25, 0.3) is 0 Å². The van der Waals surface area contributed by atoms with Gasteiger partial charge in [0.25, 0.3) is 0 Å². The van der Waals surface area contributed by atoms with Crippen LogP contribution in [0.3, 0.4) is 0 Å². The van der Waals surface area contributed by atoms with E-state index in [-0.39, 0.29) is 36.5 Å². The van der Waals surface area contributed by atoms with Crippen molar-refractivity contribution < 1.29 is 14.6 Å². The number of rotatable bonds is 8. The van der Waals surface area contributed by atoms with Crippen LogP contribution in [0.4, 0.5) is 0 Å². The van der Waals surface area contributed by atoms with Gasteiger partial charge in [-0.1, -0.05) is 0 Å². The number of carbonyl (C=O) groups excluding carboxylic acids is 1. The van der Waals surface area contributed by atoms with Gasteiger partial charge in [0.15, 0.2) is 5.75 Å². The molecule has 0 fully saturated rings. The Balaban J connectivity index is 0.00000420. The fraction of sp³-hybridized carbons (Fsp3) is 0.278. The lowest BCUT2D eigenvalue weighted by molar-refractivity contribution is -0.122. The minimum absolute atomic E-state index is 0. The molecule has 168 valence electrons. The Morgan fingerprint density at radius 2 is 1.57 bits per heavy atom. The summed E-state index contributed by atoms with van der Waals surface area (Å²) in [6.45, 7) is 1.07. The minimum atomic E-state index is -0.614. The number of hydrogen-bond donors (Lipinski definition) is 4. The van der Waals surface area contributed by atoms with Gasteiger partial charge in [-0.25, -0.2) is 0 Å². The van der Waals surface area contributed by atoms with E-state index >= 15 is 0 Å². The SMILES string of the molecule is Cl.Cl.NCCCNC(=O)[C@@H](N)Cc1cc(I)c(Oc2cc(I)c(O)c(I)c2)c(I)c1. The molecule has 0 saturated carbocycles. The number of nitrogens with two attached hydrogens (primary N) is 2. The summed E-state index contributed by atoms with van der Waals surface area (Å²) in [5.41, 5.74) is 12.4. The van der Waals surface area contributed by atoms with E-state index in [0.29, 0.717) is 25.3 Å². The number of benzene rings is 2. The Bertz CT molecular complexity index is 829.